The highest BCUT2D eigenvalue weighted by Gasteiger charge is 2.35. The van der Waals surface area contributed by atoms with Gasteiger partial charge in [-0.2, -0.15) is 5.10 Å². The third-order valence-electron chi connectivity index (χ3n) is 4.14. The van der Waals surface area contributed by atoms with E-state index in [2.05, 4.69) is 5.10 Å². The quantitative estimate of drug-likeness (QED) is 0.613. The summed E-state index contributed by atoms with van der Waals surface area (Å²) in [7, 11) is -1.90. The van der Waals surface area contributed by atoms with Crippen LogP contribution >= 0.6 is 23.4 Å². The number of aromatic hydroxyl groups is 1. The Hall–Kier alpha value is -1.51. The first-order valence-electron chi connectivity index (χ1n) is 7.54. The van der Waals surface area contributed by atoms with Gasteiger partial charge < -0.3 is 5.11 Å². The Labute approximate surface area is 155 Å². The number of aryl methyl sites for hydroxylation is 1. The summed E-state index contributed by atoms with van der Waals surface area (Å²) >= 11 is 7.52. The Morgan fingerprint density at radius 1 is 1.40 bits per heavy atom. The van der Waals surface area contributed by atoms with E-state index in [0.717, 1.165) is 30.9 Å². The fraction of sp³-hybridized carbons (Fsp3) is 0.375. The maximum atomic E-state index is 13.0. The minimum absolute atomic E-state index is 0.0745. The van der Waals surface area contributed by atoms with Crippen molar-refractivity contribution in [1.29, 1.82) is 0 Å². The van der Waals surface area contributed by atoms with E-state index in [9.17, 15) is 18.3 Å². The van der Waals surface area contributed by atoms with Crippen molar-refractivity contribution in [3.8, 4) is 5.88 Å². The number of nitrogens with zero attached hydrogens (tertiary/aromatic N) is 2. The number of halogens is 1. The molecule has 134 valence electrons. The Morgan fingerprint density at radius 2 is 2.04 bits per heavy atom. The molecule has 2 aromatic rings. The molecule has 0 bridgehead atoms. The molecule has 1 heterocycles. The van der Waals surface area contributed by atoms with E-state index in [1.165, 1.54) is 16.8 Å². The van der Waals surface area contributed by atoms with E-state index in [4.69, 9.17) is 11.6 Å². The molecule has 9 heteroatoms. The molecule has 0 atom stereocenters. The molecule has 1 fully saturated rings. The molecular formula is C16H17ClN2O4S2. The van der Waals surface area contributed by atoms with Crippen LogP contribution in [0.3, 0.4) is 0 Å². The van der Waals surface area contributed by atoms with E-state index in [1.54, 1.807) is 13.3 Å². The van der Waals surface area contributed by atoms with Crippen molar-refractivity contribution in [2.75, 3.05) is 12.5 Å². The first-order chi connectivity index (χ1) is 11.7. The zero-order chi connectivity index (χ0) is 18.5. The van der Waals surface area contributed by atoms with Gasteiger partial charge in [0.25, 0.3) is 0 Å². The number of carbonyl (C=O) groups excluding carboxylic acids is 1. The van der Waals surface area contributed by atoms with Crippen LogP contribution in [0.5, 0.6) is 5.88 Å². The van der Waals surface area contributed by atoms with E-state index >= 15 is 0 Å². The molecule has 0 saturated heterocycles. The second-order valence-corrected chi connectivity index (χ2v) is 9.22. The summed E-state index contributed by atoms with van der Waals surface area (Å²) in [5.74, 6) is -0.492. The number of rotatable bonds is 5. The number of hydrogen-bond donors (Lipinski definition) is 1. The Bertz CT molecular complexity index is 979. The minimum atomic E-state index is -3.47. The van der Waals surface area contributed by atoms with Gasteiger partial charge in [0.1, 0.15) is 5.56 Å². The molecule has 0 unspecified atom stereocenters. The van der Waals surface area contributed by atoms with Crippen LogP contribution in [0, 0.1) is 0 Å². The topological polar surface area (TPSA) is 89.3 Å². The Balaban J connectivity index is 2.17. The van der Waals surface area contributed by atoms with Crippen molar-refractivity contribution in [2.45, 2.75) is 28.6 Å². The minimum Gasteiger partial charge on any atom is -0.493 e. The van der Waals surface area contributed by atoms with Gasteiger partial charge >= 0.3 is 0 Å². The fourth-order valence-corrected chi connectivity index (χ4v) is 5.28. The summed E-state index contributed by atoms with van der Waals surface area (Å²) in [6.45, 7) is 0. The molecule has 25 heavy (non-hydrogen) atoms. The van der Waals surface area contributed by atoms with Crippen molar-refractivity contribution in [3.05, 3.63) is 34.0 Å². The predicted molar refractivity (Wildman–Crippen MR) is 96.6 cm³/mol. The Kier molecular flexibility index (Phi) is 4.63. The van der Waals surface area contributed by atoms with Gasteiger partial charge in [-0.25, -0.2) is 13.1 Å². The first-order valence-corrected chi connectivity index (χ1v) is 11.0. The summed E-state index contributed by atoms with van der Waals surface area (Å²) in [4.78, 5) is 13.4. The van der Waals surface area contributed by atoms with Gasteiger partial charge in [0.15, 0.2) is 9.84 Å². The molecule has 1 aliphatic carbocycles. The molecule has 1 aliphatic rings. The maximum absolute atomic E-state index is 13.0. The van der Waals surface area contributed by atoms with E-state index in [0.29, 0.717) is 10.6 Å². The molecule has 3 rings (SSSR count). The first kappa shape index (κ1) is 18.3. The Morgan fingerprint density at radius 3 is 2.56 bits per heavy atom. The number of benzene rings is 1. The van der Waals surface area contributed by atoms with Crippen molar-refractivity contribution >= 4 is 39.0 Å². The number of aromatic nitrogens is 2. The van der Waals surface area contributed by atoms with E-state index in [-0.39, 0.29) is 32.8 Å². The van der Waals surface area contributed by atoms with Crippen molar-refractivity contribution in [3.63, 3.8) is 0 Å². The van der Waals surface area contributed by atoms with Gasteiger partial charge in [-0.3, -0.25) is 4.79 Å². The van der Waals surface area contributed by atoms with Crippen LogP contribution in [0.15, 0.2) is 21.9 Å². The fourth-order valence-electron chi connectivity index (χ4n) is 2.73. The highest BCUT2D eigenvalue weighted by Crippen LogP contribution is 2.44. The zero-order valence-electron chi connectivity index (χ0n) is 13.9. The lowest BCUT2D eigenvalue weighted by molar-refractivity contribution is 0.103. The second-order valence-electron chi connectivity index (χ2n) is 6.04. The van der Waals surface area contributed by atoms with Crippen LogP contribution in [0.2, 0.25) is 5.02 Å². The van der Waals surface area contributed by atoms with E-state index < -0.39 is 15.6 Å². The molecule has 0 spiro atoms. The van der Waals surface area contributed by atoms with Crippen molar-refractivity contribution in [2.24, 2.45) is 7.05 Å². The zero-order valence-corrected chi connectivity index (χ0v) is 16.3. The SMILES string of the molecule is CSc1c(S(C)(=O)=O)ccc(C(=O)c2c(C3CC3)nn(C)c2O)c1Cl. The number of hydrogen-bond acceptors (Lipinski definition) is 6. The molecule has 0 aliphatic heterocycles. The maximum Gasteiger partial charge on any atom is 0.220 e. The van der Waals surface area contributed by atoms with Crippen LogP contribution in [0.1, 0.15) is 40.4 Å². The van der Waals surface area contributed by atoms with Crippen LogP contribution in [0.25, 0.3) is 0 Å². The number of carbonyl (C=O) groups is 1. The standard InChI is InChI=1S/C16H17ClN2O4S2/c1-19-16(21)11(13(18-19)8-4-5-8)14(20)9-6-7-10(25(3,22)23)15(24-2)12(9)17/h6-8,21H,4-5H2,1-3H3. The van der Waals surface area contributed by atoms with Crippen molar-refractivity contribution in [1.82, 2.24) is 9.78 Å². The van der Waals surface area contributed by atoms with Gasteiger partial charge in [-0.1, -0.05) is 11.6 Å². The molecule has 1 aromatic carbocycles. The van der Waals surface area contributed by atoms with E-state index in [1.807, 2.05) is 0 Å². The number of sulfone groups is 1. The largest absolute Gasteiger partial charge is 0.493 e. The molecule has 1 N–H and O–H groups in total. The smallest absolute Gasteiger partial charge is 0.220 e. The van der Waals surface area contributed by atoms with Crippen molar-refractivity contribution < 1.29 is 18.3 Å². The summed E-state index contributed by atoms with van der Waals surface area (Å²) in [6, 6.07) is 2.77. The van der Waals surface area contributed by atoms with Crippen LogP contribution < -0.4 is 0 Å². The van der Waals surface area contributed by atoms with Gasteiger partial charge in [0, 0.05) is 29.7 Å². The molecule has 1 aromatic heterocycles. The average molecular weight is 401 g/mol. The van der Waals surface area contributed by atoms with Crippen LogP contribution in [0.4, 0.5) is 0 Å². The third kappa shape index (κ3) is 3.18. The number of ketones is 1. The summed E-state index contributed by atoms with van der Waals surface area (Å²) in [5, 5.41) is 14.6. The highest BCUT2D eigenvalue weighted by molar-refractivity contribution is 7.99. The van der Waals surface area contributed by atoms with Crippen LogP contribution in [-0.2, 0) is 16.9 Å². The highest BCUT2D eigenvalue weighted by atomic mass is 35.5. The lowest BCUT2D eigenvalue weighted by Crippen LogP contribution is -2.08. The average Bonchev–Trinajstić information content (AvgIpc) is 3.32. The van der Waals surface area contributed by atoms with Gasteiger partial charge in [0.05, 0.1) is 15.6 Å². The summed E-state index contributed by atoms with van der Waals surface area (Å²) < 4.78 is 25.1. The predicted octanol–water partition coefficient (Wildman–Crippen LogP) is 3.01. The van der Waals surface area contributed by atoms with Gasteiger partial charge in [0.2, 0.25) is 11.7 Å². The monoisotopic (exact) mass is 400 g/mol. The molecule has 1 saturated carbocycles. The lowest BCUT2D eigenvalue weighted by atomic mass is 10.0. The molecular weight excluding hydrogens is 384 g/mol. The second kappa shape index (κ2) is 6.34. The normalized spacial score (nSPS) is 14.7. The summed E-state index contributed by atoms with van der Waals surface area (Å²) in [6.07, 6.45) is 4.64. The summed E-state index contributed by atoms with van der Waals surface area (Å²) in [5.41, 5.74) is 0.869. The lowest BCUT2D eigenvalue weighted by Gasteiger charge is -2.12. The van der Waals surface area contributed by atoms with Gasteiger partial charge in [-0.15, -0.1) is 11.8 Å². The molecule has 6 nitrogen and oxygen atoms in total. The number of thioether (sulfide) groups is 1. The molecule has 0 radical (unpaired) electrons. The molecule has 0 amide bonds. The third-order valence-corrected chi connectivity index (χ3v) is 6.75. The van der Waals surface area contributed by atoms with Crippen LogP contribution in [-0.4, -0.2) is 41.6 Å². The van der Waals surface area contributed by atoms with Gasteiger partial charge in [-0.05, 0) is 31.2 Å².